The topological polar surface area (TPSA) is 32.3 Å². The monoisotopic (exact) mass is 378 g/mol. The van der Waals surface area contributed by atoms with Crippen LogP contribution in [-0.4, -0.2) is 29.9 Å². The molecule has 5 heteroatoms. The number of rotatable bonds is 4. The van der Waals surface area contributed by atoms with E-state index in [4.69, 9.17) is 23.2 Å². The molecular weight excluding hydrogens is 355 g/mol. The van der Waals surface area contributed by atoms with Gasteiger partial charge in [-0.15, -0.1) is 0 Å². The van der Waals surface area contributed by atoms with Crippen LogP contribution in [0.15, 0.2) is 30.4 Å². The Morgan fingerprint density at radius 3 is 2.64 bits per heavy atom. The highest BCUT2D eigenvalue weighted by Crippen LogP contribution is 2.54. The van der Waals surface area contributed by atoms with Gasteiger partial charge in [-0.05, 0) is 62.2 Å². The number of hydrogen-bond donors (Lipinski definition) is 1. The number of allylic oxidation sites excluding steroid dienone is 2. The van der Waals surface area contributed by atoms with E-state index in [1.54, 1.807) is 0 Å². The molecule has 4 rings (SSSR count). The van der Waals surface area contributed by atoms with Crippen LogP contribution in [0.2, 0.25) is 10.0 Å². The zero-order chi connectivity index (χ0) is 17.4. The molecule has 1 aromatic rings. The van der Waals surface area contributed by atoms with E-state index in [0.29, 0.717) is 21.5 Å². The van der Waals surface area contributed by atoms with Crippen molar-refractivity contribution in [3.8, 4) is 0 Å². The minimum atomic E-state index is 0.169. The van der Waals surface area contributed by atoms with E-state index < -0.39 is 0 Å². The number of hydrogen-bond acceptors (Lipinski definition) is 2. The van der Waals surface area contributed by atoms with E-state index >= 15 is 0 Å². The minimum Gasteiger partial charge on any atom is -0.353 e. The van der Waals surface area contributed by atoms with Crippen LogP contribution in [-0.2, 0) is 11.3 Å². The van der Waals surface area contributed by atoms with Gasteiger partial charge in [0.15, 0.2) is 0 Å². The summed E-state index contributed by atoms with van der Waals surface area (Å²) in [5.41, 5.74) is 1.44. The van der Waals surface area contributed by atoms with Gasteiger partial charge < -0.3 is 5.32 Å². The summed E-state index contributed by atoms with van der Waals surface area (Å²) in [5.74, 6) is 0.419. The fourth-order valence-corrected chi connectivity index (χ4v) is 4.67. The van der Waals surface area contributed by atoms with Crippen molar-refractivity contribution in [3.63, 3.8) is 0 Å². The van der Waals surface area contributed by atoms with Crippen molar-refractivity contribution in [2.24, 2.45) is 11.3 Å². The first-order chi connectivity index (χ1) is 12.1. The van der Waals surface area contributed by atoms with E-state index in [-0.39, 0.29) is 11.8 Å². The van der Waals surface area contributed by atoms with Crippen LogP contribution in [0.5, 0.6) is 0 Å². The van der Waals surface area contributed by atoms with Crippen LogP contribution in [0.4, 0.5) is 0 Å². The van der Waals surface area contributed by atoms with Crippen molar-refractivity contribution in [1.29, 1.82) is 0 Å². The predicted molar refractivity (Wildman–Crippen MR) is 102 cm³/mol. The van der Waals surface area contributed by atoms with Gasteiger partial charge in [0, 0.05) is 18.5 Å². The Balaban J connectivity index is 1.27. The quantitative estimate of drug-likeness (QED) is 0.785. The molecule has 1 aromatic carbocycles. The third-order valence-corrected chi connectivity index (χ3v) is 7.02. The second-order valence-corrected chi connectivity index (χ2v) is 8.54. The normalized spacial score (nSPS) is 25.4. The molecule has 0 radical (unpaired) electrons. The highest BCUT2D eigenvalue weighted by Gasteiger charge is 2.55. The number of likely N-dealkylation sites (tertiary alicyclic amines) is 1. The molecule has 1 amide bonds. The highest BCUT2D eigenvalue weighted by molar-refractivity contribution is 6.42. The summed E-state index contributed by atoms with van der Waals surface area (Å²) in [4.78, 5) is 14.8. The molecule has 2 fully saturated rings. The second kappa shape index (κ2) is 6.94. The van der Waals surface area contributed by atoms with Crippen molar-refractivity contribution < 1.29 is 4.79 Å². The maximum Gasteiger partial charge on any atom is 0.223 e. The van der Waals surface area contributed by atoms with Crippen LogP contribution >= 0.6 is 23.2 Å². The predicted octanol–water partition coefficient (Wildman–Crippen LogP) is 4.43. The largest absolute Gasteiger partial charge is 0.353 e. The Hall–Kier alpha value is -1.03. The van der Waals surface area contributed by atoms with Crippen molar-refractivity contribution in [1.82, 2.24) is 10.2 Å². The van der Waals surface area contributed by atoms with E-state index in [9.17, 15) is 4.79 Å². The summed E-state index contributed by atoms with van der Waals surface area (Å²) >= 11 is 12.4. The van der Waals surface area contributed by atoms with Gasteiger partial charge in [-0.3, -0.25) is 9.69 Å². The maximum absolute atomic E-state index is 12.3. The first-order valence-electron chi connectivity index (χ1n) is 9.18. The molecule has 3 nitrogen and oxygen atoms in total. The van der Waals surface area contributed by atoms with E-state index in [2.05, 4.69) is 22.4 Å². The second-order valence-electron chi connectivity index (χ2n) is 7.76. The van der Waals surface area contributed by atoms with E-state index in [1.165, 1.54) is 0 Å². The van der Waals surface area contributed by atoms with E-state index in [0.717, 1.165) is 57.3 Å². The summed E-state index contributed by atoms with van der Waals surface area (Å²) < 4.78 is 0. The lowest BCUT2D eigenvalue weighted by Gasteiger charge is -2.33. The Kier molecular flexibility index (Phi) is 4.83. The van der Waals surface area contributed by atoms with Gasteiger partial charge in [0.25, 0.3) is 0 Å². The smallest absolute Gasteiger partial charge is 0.223 e. The fraction of sp³-hybridized carbons (Fsp3) is 0.550. The summed E-state index contributed by atoms with van der Waals surface area (Å²) in [7, 11) is 0. The van der Waals surface area contributed by atoms with Gasteiger partial charge in [-0.25, -0.2) is 0 Å². The Bertz CT molecular complexity index is 687. The molecule has 1 N–H and O–H groups in total. The van der Waals surface area contributed by atoms with Crippen molar-refractivity contribution in [2.75, 3.05) is 13.1 Å². The van der Waals surface area contributed by atoms with Crippen LogP contribution in [0.3, 0.4) is 0 Å². The van der Waals surface area contributed by atoms with Crippen molar-refractivity contribution in [3.05, 3.63) is 46.0 Å². The van der Waals surface area contributed by atoms with Gasteiger partial charge in [0.05, 0.1) is 10.0 Å². The number of nitrogens with one attached hydrogen (secondary N) is 1. The molecule has 1 atom stereocenters. The molecule has 134 valence electrons. The average molecular weight is 379 g/mol. The number of halogens is 2. The zero-order valence-electron chi connectivity index (χ0n) is 14.3. The third-order valence-electron chi connectivity index (χ3n) is 6.16. The summed E-state index contributed by atoms with van der Waals surface area (Å²) in [5, 5.41) is 4.60. The first-order valence-corrected chi connectivity index (χ1v) is 9.94. The highest BCUT2D eigenvalue weighted by atomic mass is 35.5. The van der Waals surface area contributed by atoms with Gasteiger partial charge >= 0.3 is 0 Å². The van der Waals surface area contributed by atoms with Crippen LogP contribution < -0.4 is 5.32 Å². The fourth-order valence-electron chi connectivity index (χ4n) is 4.29. The summed E-state index contributed by atoms with van der Waals surface area (Å²) in [6, 6.07) is 6.22. The number of piperidine rings is 1. The molecule has 2 aliphatic carbocycles. The molecule has 0 bridgehead atoms. The maximum atomic E-state index is 12.3. The summed E-state index contributed by atoms with van der Waals surface area (Å²) in [6.07, 6.45) is 9.49. The molecule has 3 aliphatic rings. The molecule has 0 aromatic heterocycles. The molecule has 1 aliphatic heterocycles. The van der Waals surface area contributed by atoms with Gasteiger partial charge in [-0.1, -0.05) is 47.5 Å². The van der Waals surface area contributed by atoms with Crippen molar-refractivity contribution in [2.45, 2.75) is 44.7 Å². The number of carbonyl (C=O) groups is 1. The average Bonchev–Trinajstić information content (AvgIpc) is 3.01. The minimum absolute atomic E-state index is 0.169. The third kappa shape index (κ3) is 3.60. The molecular formula is C20H24Cl2N2O. The lowest BCUT2D eigenvalue weighted by atomic mass is 9.92. The number of carbonyl (C=O) groups excluding carboxylic acids is 1. The van der Waals surface area contributed by atoms with Gasteiger partial charge in [0.1, 0.15) is 0 Å². The SMILES string of the molecule is O=C(NC1CC12CCN(Cc1cccc(Cl)c1Cl)CC2)C1CC=CC1. The molecule has 1 heterocycles. The Morgan fingerprint density at radius 2 is 1.92 bits per heavy atom. The number of nitrogens with zero attached hydrogens (tertiary/aromatic N) is 1. The van der Waals surface area contributed by atoms with E-state index in [1.807, 2.05) is 18.2 Å². The number of benzene rings is 1. The molecule has 1 saturated carbocycles. The Labute approximate surface area is 159 Å². The van der Waals surface area contributed by atoms with Crippen LogP contribution in [0.1, 0.15) is 37.7 Å². The first kappa shape index (κ1) is 17.4. The van der Waals surface area contributed by atoms with Gasteiger partial charge in [0.2, 0.25) is 5.91 Å². The number of amides is 1. The molecule has 1 unspecified atom stereocenters. The van der Waals surface area contributed by atoms with Crippen LogP contribution in [0.25, 0.3) is 0 Å². The summed E-state index contributed by atoms with van der Waals surface area (Å²) in [6.45, 7) is 2.96. The zero-order valence-corrected chi connectivity index (χ0v) is 15.8. The standard InChI is InChI=1S/C20H24Cl2N2O/c21-16-7-3-6-15(18(16)22)13-24-10-8-20(9-11-24)12-17(20)23-19(25)14-4-1-2-5-14/h1-3,6-7,14,17H,4-5,8-13H2,(H,23,25). The van der Waals surface area contributed by atoms with Gasteiger partial charge in [-0.2, -0.15) is 0 Å². The lowest BCUT2D eigenvalue weighted by Crippen LogP contribution is -2.39. The van der Waals surface area contributed by atoms with Crippen LogP contribution in [0, 0.1) is 11.3 Å². The lowest BCUT2D eigenvalue weighted by molar-refractivity contribution is -0.125. The molecule has 25 heavy (non-hydrogen) atoms. The van der Waals surface area contributed by atoms with Crippen molar-refractivity contribution >= 4 is 29.1 Å². The molecule has 1 saturated heterocycles. The molecule has 1 spiro atoms. The Morgan fingerprint density at radius 1 is 1.20 bits per heavy atom.